The molecule has 146 valence electrons. The zero-order valence-electron chi connectivity index (χ0n) is 14.5. The minimum Gasteiger partial charge on any atom is -0.466 e. The van der Waals surface area contributed by atoms with Crippen molar-refractivity contribution >= 4 is 29.7 Å². The van der Waals surface area contributed by atoms with E-state index in [1.165, 1.54) is 6.08 Å². The predicted molar refractivity (Wildman–Crippen MR) is 88.2 cm³/mol. The number of nitrogens with one attached hydrogen (secondary N) is 1. The van der Waals surface area contributed by atoms with Crippen LogP contribution < -0.4 is 5.32 Å². The van der Waals surface area contributed by atoms with Gasteiger partial charge in [-0.05, 0) is 23.8 Å². The quantitative estimate of drug-likeness (QED) is 0.456. The maximum atomic E-state index is 13.0. The number of anilines is 1. The van der Waals surface area contributed by atoms with Crippen LogP contribution in [0.5, 0.6) is 0 Å². The normalized spacial score (nSPS) is 11.9. The van der Waals surface area contributed by atoms with Crippen LogP contribution in [0.1, 0.15) is 11.1 Å². The van der Waals surface area contributed by atoms with Crippen LogP contribution in [0.2, 0.25) is 0 Å². The van der Waals surface area contributed by atoms with Crippen LogP contribution in [0.15, 0.2) is 36.0 Å². The molecule has 0 heterocycles. The number of carbonyl (C=O) groups is 3. The maximum absolute atomic E-state index is 13.0. The Balaban J connectivity index is 3.43. The number of alkyl halides is 3. The van der Waals surface area contributed by atoms with Gasteiger partial charge in [-0.2, -0.15) is 13.2 Å². The SMILES string of the molecule is COC(=O)C=Cc1ccc(C(F)(F)F)cc1N/C(=C/C(=O)OC)C(=O)OC. The van der Waals surface area contributed by atoms with E-state index in [4.69, 9.17) is 0 Å². The molecule has 0 amide bonds. The van der Waals surface area contributed by atoms with Crippen molar-refractivity contribution in [1.29, 1.82) is 0 Å². The number of hydrogen-bond acceptors (Lipinski definition) is 7. The van der Waals surface area contributed by atoms with Crippen molar-refractivity contribution in [2.24, 2.45) is 0 Å². The van der Waals surface area contributed by atoms with Crippen molar-refractivity contribution in [1.82, 2.24) is 0 Å². The summed E-state index contributed by atoms with van der Waals surface area (Å²) in [6.45, 7) is 0. The molecular formula is C17H16F3NO6. The zero-order valence-corrected chi connectivity index (χ0v) is 14.5. The van der Waals surface area contributed by atoms with Crippen molar-refractivity contribution in [3.63, 3.8) is 0 Å². The monoisotopic (exact) mass is 387 g/mol. The fourth-order valence-corrected chi connectivity index (χ4v) is 1.79. The first kappa shape index (κ1) is 21.7. The van der Waals surface area contributed by atoms with Crippen molar-refractivity contribution in [2.45, 2.75) is 6.18 Å². The highest BCUT2D eigenvalue weighted by atomic mass is 19.4. The largest absolute Gasteiger partial charge is 0.466 e. The highest BCUT2D eigenvalue weighted by Gasteiger charge is 2.31. The van der Waals surface area contributed by atoms with E-state index in [0.717, 1.165) is 45.6 Å². The molecule has 0 atom stereocenters. The molecule has 0 fully saturated rings. The molecule has 0 aromatic heterocycles. The van der Waals surface area contributed by atoms with Crippen LogP contribution in [0.3, 0.4) is 0 Å². The molecule has 1 rings (SSSR count). The molecule has 0 aliphatic heterocycles. The first-order valence-corrected chi connectivity index (χ1v) is 7.24. The average Bonchev–Trinajstić information content (AvgIpc) is 2.64. The number of rotatable bonds is 6. The maximum Gasteiger partial charge on any atom is 0.416 e. The molecule has 1 aromatic rings. The van der Waals surface area contributed by atoms with Crippen molar-refractivity contribution in [2.75, 3.05) is 26.6 Å². The summed E-state index contributed by atoms with van der Waals surface area (Å²) in [7, 11) is 3.22. The second-order valence-electron chi connectivity index (χ2n) is 4.85. The summed E-state index contributed by atoms with van der Waals surface area (Å²) in [6, 6.07) is 2.59. The van der Waals surface area contributed by atoms with Crippen LogP contribution in [0.4, 0.5) is 18.9 Å². The van der Waals surface area contributed by atoms with Crippen LogP contribution in [-0.4, -0.2) is 39.2 Å². The highest BCUT2D eigenvalue weighted by Crippen LogP contribution is 2.33. The lowest BCUT2D eigenvalue weighted by molar-refractivity contribution is -0.138. The number of carbonyl (C=O) groups excluding carboxylic acids is 3. The van der Waals surface area contributed by atoms with Gasteiger partial charge in [0.25, 0.3) is 0 Å². The molecule has 10 heteroatoms. The molecule has 0 aliphatic rings. The zero-order chi connectivity index (χ0) is 20.6. The Hall–Kier alpha value is -3.30. The molecule has 0 radical (unpaired) electrons. The van der Waals surface area contributed by atoms with Crippen molar-refractivity contribution in [3.8, 4) is 0 Å². The third-order valence-corrected chi connectivity index (χ3v) is 3.12. The van der Waals surface area contributed by atoms with Gasteiger partial charge in [-0.25, -0.2) is 14.4 Å². The second kappa shape index (κ2) is 9.41. The second-order valence-corrected chi connectivity index (χ2v) is 4.85. The molecule has 0 unspecified atom stereocenters. The van der Waals surface area contributed by atoms with Crippen LogP contribution in [-0.2, 0) is 34.8 Å². The van der Waals surface area contributed by atoms with E-state index in [9.17, 15) is 27.6 Å². The first-order valence-electron chi connectivity index (χ1n) is 7.24. The van der Waals surface area contributed by atoms with Gasteiger partial charge < -0.3 is 19.5 Å². The van der Waals surface area contributed by atoms with Gasteiger partial charge in [0, 0.05) is 11.8 Å². The molecule has 0 spiro atoms. The topological polar surface area (TPSA) is 90.9 Å². The third-order valence-electron chi connectivity index (χ3n) is 3.12. The number of methoxy groups -OCH3 is 3. The van der Waals surface area contributed by atoms with E-state index < -0.39 is 35.3 Å². The lowest BCUT2D eigenvalue weighted by Gasteiger charge is -2.15. The Kier molecular flexibility index (Phi) is 7.58. The van der Waals surface area contributed by atoms with Gasteiger partial charge in [-0.3, -0.25) is 0 Å². The van der Waals surface area contributed by atoms with Gasteiger partial charge in [0.05, 0.1) is 33.0 Å². The molecule has 27 heavy (non-hydrogen) atoms. The molecule has 0 aliphatic carbocycles. The summed E-state index contributed by atoms with van der Waals surface area (Å²) in [5.74, 6) is -2.68. The number of benzene rings is 1. The average molecular weight is 387 g/mol. The molecule has 7 nitrogen and oxygen atoms in total. The van der Waals surface area contributed by atoms with E-state index in [0.29, 0.717) is 6.07 Å². The fraction of sp³-hybridized carbons (Fsp3) is 0.235. The Bertz CT molecular complexity index is 783. The smallest absolute Gasteiger partial charge is 0.416 e. The van der Waals surface area contributed by atoms with Gasteiger partial charge in [-0.1, -0.05) is 6.07 Å². The summed E-state index contributed by atoms with van der Waals surface area (Å²) >= 11 is 0. The molecular weight excluding hydrogens is 371 g/mol. The standard InChI is InChI=1S/C17H16F3NO6/c1-25-14(22)7-5-10-4-6-11(17(18,19)20)8-12(10)21-13(16(24)27-3)9-15(23)26-2/h4-9,21H,1-3H3/b7-5?,13-9+. The van der Waals surface area contributed by atoms with E-state index in [2.05, 4.69) is 19.5 Å². The Morgan fingerprint density at radius 2 is 1.63 bits per heavy atom. The lowest BCUT2D eigenvalue weighted by atomic mass is 10.1. The van der Waals surface area contributed by atoms with E-state index in [-0.39, 0.29) is 11.3 Å². The van der Waals surface area contributed by atoms with Crippen LogP contribution in [0.25, 0.3) is 6.08 Å². The Morgan fingerprint density at radius 1 is 1.00 bits per heavy atom. The predicted octanol–water partition coefficient (Wildman–Crippen LogP) is 2.53. The summed E-state index contributed by atoms with van der Waals surface area (Å²) in [4.78, 5) is 34.4. The van der Waals surface area contributed by atoms with Gasteiger partial charge in [0.15, 0.2) is 0 Å². The van der Waals surface area contributed by atoms with Crippen LogP contribution in [0, 0.1) is 0 Å². The lowest BCUT2D eigenvalue weighted by Crippen LogP contribution is -2.16. The molecule has 0 bridgehead atoms. The number of hydrogen-bond donors (Lipinski definition) is 1. The molecule has 1 aromatic carbocycles. The Morgan fingerprint density at radius 3 is 2.15 bits per heavy atom. The van der Waals surface area contributed by atoms with Crippen LogP contribution >= 0.6 is 0 Å². The summed E-state index contributed by atoms with van der Waals surface area (Å²) in [5, 5.41) is 2.40. The summed E-state index contributed by atoms with van der Waals surface area (Å²) < 4.78 is 52.3. The summed E-state index contributed by atoms with van der Waals surface area (Å²) in [5.41, 5.74) is -1.56. The van der Waals surface area contributed by atoms with E-state index >= 15 is 0 Å². The van der Waals surface area contributed by atoms with Gasteiger partial charge in [0.1, 0.15) is 5.70 Å². The third kappa shape index (κ3) is 6.49. The number of esters is 3. The molecule has 0 saturated heterocycles. The minimum absolute atomic E-state index is 0.119. The van der Waals surface area contributed by atoms with E-state index in [1.807, 2.05) is 0 Å². The summed E-state index contributed by atoms with van der Waals surface area (Å²) in [6.07, 6.45) is -1.77. The first-order chi connectivity index (χ1) is 12.6. The Labute approximate surface area is 152 Å². The minimum atomic E-state index is -4.65. The molecule has 1 N–H and O–H groups in total. The van der Waals surface area contributed by atoms with Gasteiger partial charge in [0.2, 0.25) is 0 Å². The van der Waals surface area contributed by atoms with Crippen molar-refractivity contribution < 1.29 is 41.8 Å². The highest BCUT2D eigenvalue weighted by molar-refractivity contribution is 5.99. The molecule has 0 saturated carbocycles. The number of ether oxygens (including phenoxy) is 3. The fourth-order valence-electron chi connectivity index (χ4n) is 1.79. The van der Waals surface area contributed by atoms with Gasteiger partial charge >= 0.3 is 24.1 Å². The number of halogens is 3. The van der Waals surface area contributed by atoms with E-state index in [1.54, 1.807) is 0 Å². The van der Waals surface area contributed by atoms with Gasteiger partial charge in [-0.15, -0.1) is 0 Å². The van der Waals surface area contributed by atoms with Crippen molar-refractivity contribution in [3.05, 3.63) is 47.2 Å².